The third-order valence-corrected chi connectivity index (χ3v) is 3.69. The van der Waals surface area contributed by atoms with E-state index >= 15 is 0 Å². The summed E-state index contributed by atoms with van der Waals surface area (Å²) >= 11 is 0. The predicted octanol–water partition coefficient (Wildman–Crippen LogP) is 2.81. The Balaban J connectivity index is 2.19. The number of hydrogen-bond acceptors (Lipinski definition) is 4. The molecule has 0 spiro atoms. The Bertz CT molecular complexity index is 875. The standard InChI is InChI=1S/C17H17N3O2/c1-2-16(22)19-12-5-3-10-7-11-4-6-14(18)13(9-21)17(11)20-15(10)8-12/h3-8,21H,2,9,18H2,1H3,(H,19,22). The summed E-state index contributed by atoms with van der Waals surface area (Å²) in [6, 6.07) is 11.3. The van der Waals surface area contributed by atoms with E-state index in [2.05, 4.69) is 10.3 Å². The summed E-state index contributed by atoms with van der Waals surface area (Å²) in [5.74, 6) is -0.0413. The van der Waals surface area contributed by atoms with Gasteiger partial charge in [-0.05, 0) is 24.3 Å². The van der Waals surface area contributed by atoms with Crippen LogP contribution >= 0.6 is 0 Å². The number of aromatic nitrogens is 1. The number of nitrogen functional groups attached to an aromatic ring is 1. The molecule has 0 radical (unpaired) electrons. The molecule has 1 heterocycles. The fourth-order valence-electron chi connectivity index (χ4n) is 2.46. The highest BCUT2D eigenvalue weighted by atomic mass is 16.3. The van der Waals surface area contributed by atoms with E-state index in [1.807, 2.05) is 30.3 Å². The maximum absolute atomic E-state index is 11.5. The predicted molar refractivity (Wildman–Crippen MR) is 88.5 cm³/mol. The number of aliphatic hydroxyl groups excluding tert-OH is 1. The van der Waals surface area contributed by atoms with Crippen molar-refractivity contribution in [2.24, 2.45) is 0 Å². The Morgan fingerprint density at radius 2 is 2.00 bits per heavy atom. The zero-order chi connectivity index (χ0) is 15.7. The van der Waals surface area contributed by atoms with E-state index in [1.54, 1.807) is 13.0 Å². The molecule has 0 aliphatic carbocycles. The highest BCUT2D eigenvalue weighted by Crippen LogP contribution is 2.27. The monoisotopic (exact) mass is 295 g/mol. The lowest BCUT2D eigenvalue weighted by Crippen LogP contribution is -2.09. The highest BCUT2D eigenvalue weighted by molar-refractivity contribution is 5.98. The van der Waals surface area contributed by atoms with Crippen LogP contribution in [0, 0.1) is 0 Å². The second-order valence-electron chi connectivity index (χ2n) is 5.16. The Kier molecular flexibility index (Phi) is 3.65. The number of nitrogens with two attached hydrogens (primary N) is 1. The molecule has 1 aromatic heterocycles. The van der Waals surface area contributed by atoms with Crippen LogP contribution in [0.3, 0.4) is 0 Å². The van der Waals surface area contributed by atoms with E-state index in [-0.39, 0.29) is 12.5 Å². The number of fused-ring (bicyclic) bond motifs is 2. The zero-order valence-corrected chi connectivity index (χ0v) is 12.3. The smallest absolute Gasteiger partial charge is 0.224 e. The zero-order valence-electron chi connectivity index (χ0n) is 12.3. The quantitative estimate of drug-likeness (QED) is 0.512. The van der Waals surface area contributed by atoms with Gasteiger partial charge in [-0.15, -0.1) is 0 Å². The van der Waals surface area contributed by atoms with Gasteiger partial charge in [0, 0.05) is 34.1 Å². The number of rotatable bonds is 3. The number of carbonyl (C=O) groups is 1. The van der Waals surface area contributed by atoms with Crippen molar-refractivity contribution in [2.75, 3.05) is 11.1 Å². The average Bonchev–Trinajstić information content (AvgIpc) is 2.53. The summed E-state index contributed by atoms with van der Waals surface area (Å²) in [5.41, 5.74) is 9.20. The van der Waals surface area contributed by atoms with Crippen LogP contribution in [0.5, 0.6) is 0 Å². The minimum absolute atomic E-state index is 0.0413. The van der Waals surface area contributed by atoms with Crippen molar-refractivity contribution in [2.45, 2.75) is 20.0 Å². The molecular formula is C17H17N3O2. The van der Waals surface area contributed by atoms with Crippen molar-refractivity contribution in [1.29, 1.82) is 0 Å². The topological polar surface area (TPSA) is 88.2 Å². The average molecular weight is 295 g/mol. The first-order valence-corrected chi connectivity index (χ1v) is 7.15. The summed E-state index contributed by atoms with van der Waals surface area (Å²) in [5, 5.41) is 14.2. The molecular weight excluding hydrogens is 278 g/mol. The van der Waals surface area contributed by atoms with Crippen LogP contribution in [0.25, 0.3) is 21.8 Å². The van der Waals surface area contributed by atoms with Gasteiger partial charge in [0.1, 0.15) is 0 Å². The maximum atomic E-state index is 11.5. The van der Waals surface area contributed by atoms with Gasteiger partial charge in [-0.25, -0.2) is 4.98 Å². The molecule has 0 unspecified atom stereocenters. The number of benzene rings is 2. The van der Waals surface area contributed by atoms with Gasteiger partial charge >= 0.3 is 0 Å². The van der Waals surface area contributed by atoms with Crippen LogP contribution < -0.4 is 11.1 Å². The van der Waals surface area contributed by atoms with E-state index in [9.17, 15) is 9.90 Å². The number of nitrogens with zero attached hydrogens (tertiary/aromatic N) is 1. The third kappa shape index (κ3) is 2.46. The number of carbonyl (C=O) groups excluding carboxylic acids is 1. The van der Waals surface area contributed by atoms with Gasteiger partial charge in [0.15, 0.2) is 0 Å². The lowest BCUT2D eigenvalue weighted by Gasteiger charge is -2.09. The van der Waals surface area contributed by atoms with Crippen LogP contribution in [-0.2, 0) is 11.4 Å². The minimum atomic E-state index is -0.159. The van der Waals surface area contributed by atoms with E-state index in [1.165, 1.54) is 0 Å². The number of amides is 1. The molecule has 3 rings (SSSR count). The molecule has 22 heavy (non-hydrogen) atoms. The summed E-state index contributed by atoms with van der Waals surface area (Å²) in [6.07, 6.45) is 0.425. The molecule has 5 nitrogen and oxygen atoms in total. The van der Waals surface area contributed by atoms with Crippen LogP contribution in [0.2, 0.25) is 0 Å². The Labute approximate surface area is 127 Å². The Morgan fingerprint density at radius 1 is 1.23 bits per heavy atom. The van der Waals surface area contributed by atoms with Gasteiger partial charge in [-0.1, -0.05) is 19.1 Å². The number of nitrogens with one attached hydrogen (secondary N) is 1. The third-order valence-electron chi connectivity index (χ3n) is 3.69. The van der Waals surface area contributed by atoms with Crippen LogP contribution in [0.15, 0.2) is 36.4 Å². The van der Waals surface area contributed by atoms with Crippen molar-refractivity contribution in [3.05, 3.63) is 42.0 Å². The first kappa shape index (κ1) is 14.3. The number of pyridine rings is 1. The lowest BCUT2D eigenvalue weighted by atomic mass is 10.1. The van der Waals surface area contributed by atoms with Gasteiger partial charge in [0.25, 0.3) is 0 Å². The van der Waals surface area contributed by atoms with E-state index in [0.717, 1.165) is 16.3 Å². The second-order valence-corrected chi connectivity index (χ2v) is 5.16. The molecule has 0 aliphatic heterocycles. The van der Waals surface area contributed by atoms with Gasteiger partial charge < -0.3 is 16.2 Å². The fraction of sp³-hybridized carbons (Fsp3) is 0.176. The molecule has 4 N–H and O–H groups in total. The molecule has 0 atom stereocenters. The normalized spacial score (nSPS) is 11.0. The molecule has 3 aromatic rings. The van der Waals surface area contributed by atoms with E-state index in [4.69, 9.17) is 5.73 Å². The summed E-state index contributed by atoms with van der Waals surface area (Å²) < 4.78 is 0. The van der Waals surface area contributed by atoms with Crippen LogP contribution in [0.4, 0.5) is 11.4 Å². The molecule has 112 valence electrons. The molecule has 2 aromatic carbocycles. The van der Waals surface area contributed by atoms with Gasteiger partial charge in [-0.2, -0.15) is 0 Å². The van der Waals surface area contributed by atoms with Crippen molar-refractivity contribution < 1.29 is 9.90 Å². The Hall–Kier alpha value is -2.66. The molecule has 0 fully saturated rings. The molecule has 5 heteroatoms. The van der Waals surface area contributed by atoms with Crippen LogP contribution in [-0.4, -0.2) is 16.0 Å². The second kappa shape index (κ2) is 5.61. The SMILES string of the molecule is CCC(=O)Nc1ccc2cc3ccc(N)c(CO)c3nc2c1. The molecule has 0 saturated carbocycles. The van der Waals surface area contributed by atoms with Crippen molar-refractivity contribution in [3.63, 3.8) is 0 Å². The summed E-state index contributed by atoms with van der Waals surface area (Å²) in [6.45, 7) is 1.65. The van der Waals surface area contributed by atoms with Crippen LogP contribution in [0.1, 0.15) is 18.9 Å². The molecule has 0 saturated heterocycles. The fourth-order valence-corrected chi connectivity index (χ4v) is 2.46. The molecule has 0 bridgehead atoms. The Morgan fingerprint density at radius 3 is 2.73 bits per heavy atom. The summed E-state index contributed by atoms with van der Waals surface area (Å²) in [4.78, 5) is 16.1. The number of hydrogen-bond donors (Lipinski definition) is 3. The first-order chi connectivity index (χ1) is 10.6. The van der Waals surface area contributed by atoms with Crippen molar-refractivity contribution >= 4 is 39.1 Å². The van der Waals surface area contributed by atoms with Gasteiger partial charge in [0.2, 0.25) is 5.91 Å². The lowest BCUT2D eigenvalue weighted by molar-refractivity contribution is -0.115. The molecule has 1 amide bonds. The van der Waals surface area contributed by atoms with Gasteiger partial charge in [-0.3, -0.25) is 4.79 Å². The van der Waals surface area contributed by atoms with E-state index in [0.29, 0.717) is 28.9 Å². The summed E-state index contributed by atoms with van der Waals surface area (Å²) in [7, 11) is 0. The maximum Gasteiger partial charge on any atom is 0.224 e. The first-order valence-electron chi connectivity index (χ1n) is 7.15. The van der Waals surface area contributed by atoms with E-state index < -0.39 is 0 Å². The highest BCUT2D eigenvalue weighted by Gasteiger charge is 2.08. The van der Waals surface area contributed by atoms with Crippen molar-refractivity contribution in [1.82, 2.24) is 4.98 Å². The number of anilines is 2. The minimum Gasteiger partial charge on any atom is -0.398 e. The molecule has 0 aliphatic rings. The largest absolute Gasteiger partial charge is 0.398 e. The van der Waals surface area contributed by atoms with Crippen molar-refractivity contribution in [3.8, 4) is 0 Å². The number of aliphatic hydroxyl groups is 1. The van der Waals surface area contributed by atoms with Gasteiger partial charge in [0.05, 0.1) is 17.6 Å².